The van der Waals surface area contributed by atoms with Crippen LogP contribution in [0.25, 0.3) is 20.4 Å². The molecule has 5 heterocycles. The molecule has 0 radical (unpaired) electrons. The molecule has 0 N–H and O–H groups in total. The van der Waals surface area contributed by atoms with E-state index in [1.807, 2.05) is 26.0 Å². The minimum Gasteiger partial charge on any atom is -0.488 e. The Morgan fingerprint density at radius 2 is 2.04 bits per heavy atom. The van der Waals surface area contributed by atoms with E-state index in [4.69, 9.17) is 4.74 Å². The second kappa shape index (κ2) is 6.63. The molecule has 1 aliphatic heterocycles. The number of aryl methyl sites for hydroxylation is 3. The molecule has 1 saturated heterocycles. The number of anilines is 1. The molecule has 4 aromatic rings. The molecule has 5 rings (SSSR count). The second-order valence-electron chi connectivity index (χ2n) is 7.18. The van der Waals surface area contributed by atoms with Crippen molar-refractivity contribution in [2.24, 2.45) is 0 Å². The van der Waals surface area contributed by atoms with Crippen LogP contribution < -0.4 is 9.64 Å². The third kappa shape index (κ3) is 2.84. The van der Waals surface area contributed by atoms with Gasteiger partial charge in [0.05, 0.1) is 22.5 Å². The van der Waals surface area contributed by atoms with Gasteiger partial charge in [0.15, 0.2) is 0 Å². The Morgan fingerprint density at radius 3 is 2.89 bits per heavy atom. The van der Waals surface area contributed by atoms with E-state index in [0.717, 1.165) is 68.5 Å². The molecule has 0 spiro atoms. The van der Waals surface area contributed by atoms with Crippen molar-refractivity contribution < 1.29 is 4.74 Å². The average Bonchev–Trinajstić information content (AvgIpc) is 3.29. The molecule has 0 aliphatic carbocycles. The Labute approximate surface area is 166 Å². The van der Waals surface area contributed by atoms with Crippen LogP contribution in [0.15, 0.2) is 24.7 Å². The van der Waals surface area contributed by atoms with Gasteiger partial charge in [-0.05, 0) is 32.4 Å². The maximum Gasteiger partial charge on any atom is 0.150 e. The number of thiophene rings is 1. The molecule has 0 saturated carbocycles. The molecule has 7 nitrogen and oxygen atoms in total. The summed E-state index contributed by atoms with van der Waals surface area (Å²) < 4.78 is 7.24. The predicted molar refractivity (Wildman–Crippen MR) is 110 cm³/mol. The van der Waals surface area contributed by atoms with Crippen molar-refractivity contribution >= 4 is 37.6 Å². The first kappa shape index (κ1) is 17.2. The van der Waals surface area contributed by atoms with Crippen LogP contribution in [-0.4, -0.2) is 44.3 Å². The summed E-state index contributed by atoms with van der Waals surface area (Å²) in [6.45, 7) is 7.73. The topological polar surface area (TPSA) is 76.9 Å². The fraction of sp³-hybridized carbons (Fsp3) is 0.350. The first-order valence-corrected chi connectivity index (χ1v) is 10.1. The first-order valence-electron chi connectivity index (χ1n) is 9.31. The number of hydrogen-bond acceptors (Lipinski definition) is 8. The minimum atomic E-state index is 0.130. The highest BCUT2D eigenvalue weighted by molar-refractivity contribution is 7.26. The number of ether oxygens (including phenoxy) is 1. The first-order chi connectivity index (χ1) is 13.6. The predicted octanol–water partition coefficient (Wildman–Crippen LogP) is 3.61. The van der Waals surface area contributed by atoms with Crippen LogP contribution in [0, 0.1) is 20.8 Å². The smallest absolute Gasteiger partial charge is 0.150 e. The lowest BCUT2D eigenvalue weighted by Crippen LogP contribution is -2.25. The van der Waals surface area contributed by atoms with Gasteiger partial charge in [0.25, 0.3) is 0 Å². The Bertz CT molecular complexity index is 1190. The van der Waals surface area contributed by atoms with Gasteiger partial charge in [-0.15, -0.1) is 16.4 Å². The molecule has 4 aromatic heterocycles. The lowest BCUT2D eigenvalue weighted by molar-refractivity contribution is 0.224. The van der Waals surface area contributed by atoms with Gasteiger partial charge >= 0.3 is 0 Å². The Morgan fingerprint density at radius 1 is 1.14 bits per heavy atom. The summed E-state index contributed by atoms with van der Waals surface area (Å²) in [7, 11) is 0. The van der Waals surface area contributed by atoms with Gasteiger partial charge in [0.2, 0.25) is 0 Å². The van der Waals surface area contributed by atoms with Crippen LogP contribution in [0.3, 0.4) is 0 Å². The summed E-state index contributed by atoms with van der Waals surface area (Å²) in [4.78, 5) is 16.6. The van der Waals surface area contributed by atoms with E-state index < -0.39 is 0 Å². The molecule has 1 fully saturated rings. The van der Waals surface area contributed by atoms with E-state index in [0.29, 0.717) is 0 Å². The summed E-state index contributed by atoms with van der Waals surface area (Å²) in [5.41, 5.74) is 4.00. The summed E-state index contributed by atoms with van der Waals surface area (Å²) in [5.74, 6) is 1.83. The highest BCUT2D eigenvalue weighted by Gasteiger charge is 2.28. The number of aromatic nitrogens is 5. The standard InChI is InChI=1S/C20H20N6OS/c1-11-8-14(4-6-21-11)27-15-5-7-26(9-15)19-18-17(22-10-23-19)16-12(2)13(3)24-25-20(16)28-18/h4,6,8,10,15H,5,7,9H2,1-3H3. The Balaban J connectivity index is 1.47. The lowest BCUT2D eigenvalue weighted by atomic mass is 10.1. The zero-order valence-corrected chi connectivity index (χ0v) is 16.8. The quantitative estimate of drug-likeness (QED) is 0.527. The van der Waals surface area contributed by atoms with Crippen LogP contribution in [0.1, 0.15) is 23.4 Å². The summed E-state index contributed by atoms with van der Waals surface area (Å²) in [5, 5.41) is 9.74. The number of hydrogen-bond donors (Lipinski definition) is 0. The molecule has 0 amide bonds. The number of nitrogens with zero attached hydrogens (tertiary/aromatic N) is 6. The SMILES string of the molecule is Cc1cc(OC2CCN(c3ncnc4c3sc3nnc(C)c(C)c34)C2)ccn1. The molecule has 1 aliphatic rings. The van der Waals surface area contributed by atoms with Crippen molar-refractivity contribution in [2.75, 3.05) is 18.0 Å². The van der Waals surface area contributed by atoms with Crippen LogP contribution in [-0.2, 0) is 0 Å². The van der Waals surface area contributed by atoms with E-state index >= 15 is 0 Å². The number of rotatable bonds is 3. The Kier molecular flexibility index (Phi) is 4.08. The molecule has 8 heteroatoms. The molecule has 0 bridgehead atoms. The molecule has 28 heavy (non-hydrogen) atoms. The van der Waals surface area contributed by atoms with Gasteiger partial charge in [-0.2, -0.15) is 5.10 Å². The van der Waals surface area contributed by atoms with Gasteiger partial charge < -0.3 is 9.64 Å². The highest BCUT2D eigenvalue weighted by atomic mass is 32.1. The van der Waals surface area contributed by atoms with Crippen LogP contribution in [0.5, 0.6) is 5.75 Å². The number of pyridine rings is 1. The van der Waals surface area contributed by atoms with Crippen molar-refractivity contribution in [2.45, 2.75) is 33.3 Å². The lowest BCUT2D eigenvalue weighted by Gasteiger charge is -2.18. The van der Waals surface area contributed by atoms with E-state index in [1.54, 1.807) is 23.9 Å². The molecule has 0 aromatic carbocycles. The summed E-state index contributed by atoms with van der Waals surface area (Å²) in [6, 6.07) is 3.88. The zero-order chi connectivity index (χ0) is 19.3. The maximum atomic E-state index is 6.17. The van der Waals surface area contributed by atoms with Crippen LogP contribution >= 0.6 is 11.3 Å². The van der Waals surface area contributed by atoms with E-state index in [9.17, 15) is 0 Å². The van der Waals surface area contributed by atoms with Gasteiger partial charge in [-0.3, -0.25) is 4.98 Å². The Hall–Kier alpha value is -2.87. The normalized spacial score (nSPS) is 17.0. The van der Waals surface area contributed by atoms with Crippen LogP contribution in [0.2, 0.25) is 0 Å². The largest absolute Gasteiger partial charge is 0.488 e. The minimum absolute atomic E-state index is 0.130. The third-order valence-corrected chi connectivity index (χ3v) is 6.32. The molecule has 142 valence electrons. The molecule has 1 unspecified atom stereocenters. The number of fused-ring (bicyclic) bond motifs is 3. The van der Waals surface area contributed by atoms with Crippen molar-refractivity contribution in [3.05, 3.63) is 41.6 Å². The van der Waals surface area contributed by atoms with Crippen LogP contribution in [0.4, 0.5) is 5.82 Å². The molecular weight excluding hydrogens is 372 g/mol. The van der Waals surface area contributed by atoms with E-state index in [-0.39, 0.29) is 6.10 Å². The van der Waals surface area contributed by atoms with Crippen molar-refractivity contribution in [1.82, 2.24) is 25.1 Å². The summed E-state index contributed by atoms with van der Waals surface area (Å²) >= 11 is 1.62. The van der Waals surface area contributed by atoms with Crippen molar-refractivity contribution in [3.63, 3.8) is 0 Å². The average molecular weight is 392 g/mol. The third-order valence-electron chi connectivity index (χ3n) is 5.26. The highest BCUT2D eigenvalue weighted by Crippen LogP contribution is 2.38. The molecule has 1 atom stereocenters. The zero-order valence-electron chi connectivity index (χ0n) is 16.0. The fourth-order valence-electron chi connectivity index (χ4n) is 3.70. The van der Waals surface area contributed by atoms with Crippen molar-refractivity contribution in [1.29, 1.82) is 0 Å². The monoisotopic (exact) mass is 392 g/mol. The van der Waals surface area contributed by atoms with Crippen molar-refractivity contribution in [3.8, 4) is 5.75 Å². The van der Waals surface area contributed by atoms with E-state index in [1.165, 1.54) is 0 Å². The second-order valence-corrected chi connectivity index (χ2v) is 8.17. The fourth-order valence-corrected chi connectivity index (χ4v) is 4.85. The van der Waals surface area contributed by atoms with Gasteiger partial charge in [0, 0.05) is 36.3 Å². The van der Waals surface area contributed by atoms with Gasteiger partial charge in [0.1, 0.15) is 28.8 Å². The van der Waals surface area contributed by atoms with Gasteiger partial charge in [-0.1, -0.05) is 0 Å². The molecular formula is C20H20N6OS. The van der Waals surface area contributed by atoms with E-state index in [2.05, 4.69) is 37.0 Å². The maximum absolute atomic E-state index is 6.17. The summed E-state index contributed by atoms with van der Waals surface area (Å²) in [6.07, 6.45) is 4.52. The van der Waals surface area contributed by atoms with Gasteiger partial charge in [-0.25, -0.2) is 9.97 Å².